The number of benzene rings is 1. The second-order valence-corrected chi connectivity index (χ2v) is 3.60. The van der Waals surface area contributed by atoms with Gasteiger partial charge in [-0.3, -0.25) is 10.1 Å². The molecular formula is C12H13N3O2. The van der Waals surface area contributed by atoms with Crippen LogP contribution in [0.4, 0.5) is 10.5 Å². The second-order valence-electron chi connectivity index (χ2n) is 3.60. The molecule has 0 aliphatic rings. The fourth-order valence-corrected chi connectivity index (χ4v) is 1.12. The first-order chi connectivity index (χ1) is 7.95. The van der Waals surface area contributed by atoms with Crippen LogP contribution in [0.25, 0.3) is 0 Å². The number of rotatable bonds is 1. The Bertz CT molecular complexity index is 501. The number of hydrogen-bond acceptors (Lipinski definition) is 3. The van der Waals surface area contributed by atoms with Gasteiger partial charge in [-0.25, -0.2) is 4.79 Å². The van der Waals surface area contributed by atoms with Crippen LogP contribution in [0, 0.1) is 12.3 Å². The standard InChI is InChI=1S/C12H13N3O2/c1-4-8-5-6-9(7-10(8)13)11(16)14-12(17)15(2)3/h1,5-7H,13H2,2-3H3,(H,14,16,17). The Morgan fingerprint density at radius 3 is 2.53 bits per heavy atom. The predicted molar refractivity (Wildman–Crippen MR) is 65.3 cm³/mol. The molecule has 1 aromatic carbocycles. The number of nitrogens with two attached hydrogens (primary N) is 1. The van der Waals surface area contributed by atoms with Crippen LogP contribution in [0.5, 0.6) is 0 Å². The van der Waals surface area contributed by atoms with Crippen molar-refractivity contribution in [3.63, 3.8) is 0 Å². The van der Waals surface area contributed by atoms with Gasteiger partial charge >= 0.3 is 6.03 Å². The third kappa shape index (κ3) is 2.98. The predicted octanol–water partition coefficient (Wildman–Crippen LogP) is 0.662. The highest BCUT2D eigenvalue weighted by Gasteiger charge is 2.12. The van der Waals surface area contributed by atoms with E-state index in [0.717, 1.165) is 0 Å². The fourth-order valence-electron chi connectivity index (χ4n) is 1.12. The highest BCUT2D eigenvalue weighted by Crippen LogP contribution is 2.12. The number of nitrogen functional groups attached to an aromatic ring is 1. The van der Waals surface area contributed by atoms with Gasteiger partial charge in [0.25, 0.3) is 5.91 Å². The largest absolute Gasteiger partial charge is 0.398 e. The van der Waals surface area contributed by atoms with Gasteiger partial charge < -0.3 is 10.6 Å². The van der Waals surface area contributed by atoms with Crippen LogP contribution in [0.3, 0.4) is 0 Å². The van der Waals surface area contributed by atoms with Gasteiger partial charge in [0.2, 0.25) is 0 Å². The Balaban J connectivity index is 2.88. The molecule has 0 saturated carbocycles. The monoisotopic (exact) mass is 231 g/mol. The summed E-state index contributed by atoms with van der Waals surface area (Å²) in [6, 6.07) is 4.02. The first-order valence-electron chi connectivity index (χ1n) is 4.84. The van der Waals surface area contributed by atoms with Gasteiger partial charge in [0.1, 0.15) is 0 Å². The van der Waals surface area contributed by atoms with Crippen molar-refractivity contribution >= 4 is 17.6 Å². The molecule has 0 saturated heterocycles. The van der Waals surface area contributed by atoms with Gasteiger partial charge in [-0.2, -0.15) is 0 Å². The highest BCUT2D eigenvalue weighted by atomic mass is 16.2. The lowest BCUT2D eigenvalue weighted by atomic mass is 10.1. The lowest BCUT2D eigenvalue weighted by molar-refractivity contribution is 0.0957. The zero-order chi connectivity index (χ0) is 13.0. The molecule has 17 heavy (non-hydrogen) atoms. The maximum absolute atomic E-state index is 11.6. The van der Waals surface area contributed by atoms with Gasteiger partial charge in [0.15, 0.2) is 0 Å². The molecule has 0 bridgehead atoms. The molecule has 0 spiro atoms. The minimum atomic E-state index is -0.515. The van der Waals surface area contributed by atoms with Crippen molar-refractivity contribution in [3.8, 4) is 12.3 Å². The van der Waals surface area contributed by atoms with Gasteiger partial charge in [0.05, 0.1) is 0 Å². The van der Waals surface area contributed by atoms with E-state index in [-0.39, 0.29) is 5.56 Å². The van der Waals surface area contributed by atoms with E-state index in [1.807, 2.05) is 0 Å². The van der Waals surface area contributed by atoms with Crippen LogP contribution in [0.15, 0.2) is 18.2 Å². The van der Waals surface area contributed by atoms with Gasteiger partial charge in [-0.1, -0.05) is 5.92 Å². The molecule has 1 rings (SSSR count). The molecule has 88 valence electrons. The number of anilines is 1. The Morgan fingerprint density at radius 1 is 1.41 bits per heavy atom. The molecule has 1 aromatic rings. The molecule has 0 unspecified atom stereocenters. The number of nitrogens with zero attached hydrogens (tertiary/aromatic N) is 1. The molecule has 0 heterocycles. The topological polar surface area (TPSA) is 75.4 Å². The van der Waals surface area contributed by atoms with Crippen LogP contribution < -0.4 is 11.1 Å². The third-order valence-electron chi connectivity index (χ3n) is 2.10. The number of amides is 3. The Morgan fingerprint density at radius 2 is 2.06 bits per heavy atom. The van der Waals surface area contributed by atoms with Crippen molar-refractivity contribution < 1.29 is 9.59 Å². The van der Waals surface area contributed by atoms with Crippen LogP contribution >= 0.6 is 0 Å². The average molecular weight is 231 g/mol. The third-order valence-corrected chi connectivity index (χ3v) is 2.10. The maximum atomic E-state index is 11.6. The van der Waals surface area contributed by atoms with Crippen molar-refractivity contribution in [1.82, 2.24) is 10.2 Å². The van der Waals surface area contributed by atoms with E-state index in [1.165, 1.54) is 17.0 Å². The number of carbonyl (C=O) groups excluding carboxylic acids is 2. The lowest BCUT2D eigenvalue weighted by Crippen LogP contribution is -2.38. The van der Waals surface area contributed by atoms with Crippen LogP contribution in [0.1, 0.15) is 15.9 Å². The lowest BCUT2D eigenvalue weighted by Gasteiger charge is -2.11. The van der Waals surface area contributed by atoms with Crippen LogP contribution in [-0.4, -0.2) is 30.9 Å². The Kier molecular flexibility index (Phi) is 3.73. The summed E-state index contributed by atoms with van der Waals surface area (Å²) in [4.78, 5) is 24.2. The van der Waals surface area contributed by atoms with Crippen molar-refractivity contribution in [2.45, 2.75) is 0 Å². The summed E-state index contributed by atoms with van der Waals surface area (Å²) in [7, 11) is 3.08. The van der Waals surface area contributed by atoms with E-state index < -0.39 is 11.9 Å². The van der Waals surface area contributed by atoms with Gasteiger partial charge in [-0.05, 0) is 18.2 Å². The van der Waals surface area contributed by atoms with E-state index in [4.69, 9.17) is 12.2 Å². The normalized spacial score (nSPS) is 9.24. The number of imide groups is 1. The van der Waals surface area contributed by atoms with Gasteiger partial charge in [0, 0.05) is 30.9 Å². The molecule has 0 atom stereocenters. The second kappa shape index (κ2) is 5.03. The highest BCUT2D eigenvalue weighted by molar-refractivity contribution is 6.04. The van der Waals surface area contributed by atoms with Crippen molar-refractivity contribution in [2.75, 3.05) is 19.8 Å². The summed E-state index contributed by atoms with van der Waals surface area (Å²) in [6.07, 6.45) is 5.21. The van der Waals surface area contributed by atoms with E-state index >= 15 is 0 Å². The van der Waals surface area contributed by atoms with E-state index in [0.29, 0.717) is 11.3 Å². The van der Waals surface area contributed by atoms with E-state index in [2.05, 4.69) is 11.2 Å². The molecule has 3 amide bonds. The number of urea groups is 1. The summed E-state index contributed by atoms with van der Waals surface area (Å²) in [5.74, 6) is 1.87. The smallest absolute Gasteiger partial charge is 0.323 e. The summed E-state index contributed by atoms with van der Waals surface area (Å²) in [5, 5.41) is 2.20. The first-order valence-corrected chi connectivity index (χ1v) is 4.84. The zero-order valence-corrected chi connectivity index (χ0v) is 9.65. The minimum Gasteiger partial charge on any atom is -0.398 e. The van der Waals surface area contributed by atoms with Crippen LogP contribution in [-0.2, 0) is 0 Å². The van der Waals surface area contributed by atoms with Crippen molar-refractivity contribution in [1.29, 1.82) is 0 Å². The maximum Gasteiger partial charge on any atom is 0.323 e. The summed E-state index contributed by atoms with van der Waals surface area (Å²) in [6.45, 7) is 0. The molecule has 0 aromatic heterocycles. The van der Waals surface area contributed by atoms with Gasteiger partial charge in [-0.15, -0.1) is 6.42 Å². The molecule has 0 fully saturated rings. The molecule has 5 heteroatoms. The van der Waals surface area contributed by atoms with E-state index in [9.17, 15) is 9.59 Å². The molecular weight excluding hydrogens is 218 g/mol. The fraction of sp³-hybridized carbons (Fsp3) is 0.167. The molecule has 0 radical (unpaired) electrons. The molecule has 3 N–H and O–H groups in total. The van der Waals surface area contributed by atoms with Crippen LogP contribution in [0.2, 0.25) is 0 Å². The summed E-state index contributed by atoms with van der Waals surface area (Å²) in [5.41, 5.74) is 6.78. The van der Waals surface area contributed by atoms with E-state index in [1.54, 1.807) is 20.2 Å². The average Bonchev–Trinajstić information content (AvgIpc) is 2.28. The molecule has 0 aliphatic carbocycles. The number of nitrogens with one attached hydrogen (secondary N) is 1. The summed E-state index contributed by atoms with van der Waals surface area (Å²) >= 11 is 0. The quantitative estimate of drug-likeness (QED) is 0.550. The SMILES string of the molecule is C#Cc1ccc(C(=O)NC(=O)N(C)C)cc1N. The van der Waals surface area contributed by atoms with Crippen molar-refractivity contribution in [2.24, 2.45) is 0 Å². The number of terminal acetylenes is 1. The Hall–Kier alpha value is -2.48. The number of hydrogen-bond donors (Lipinski definition) is 2. The van der Waals surface area contributed by atoms with Crippen molar-refractivity contribution in [3.05, 3.63) is 29.3 Å². The molecule has 5 nitrogen and oxygen atoms in total. The zero-order valence-electron chi connectivity index (χ0n) is 9.65. The minimum absolute atomic E-state index is 0.289. The summed E-state index contributed by atoms with van der Waals surface area (Å²) < 4.78 is 0. The first kappa shape index (κ1) is 12.6. The molecule has 0 aliphatic heterocycles. The number of carbonyl (C=O) groups is 2. The Labute approximate surface area is 99.6 Å².